The van der Waals surface area contributed by atoms with E-state index in [9.17, 15) is 4.91 Å². The fourth-order valence-electron chi connectivity index (χ4n) is 0.818. The Kier molecular flexibility index (Phi) is 1.89. The number of anilines is 1. The molecular formula is C6H8BN3O. The molecule has 0 fully saturated rings. The number of nitrogens with two attached hydrogens (primary N) is 1. The molecule has 0 aliphatic heterocycles. The Labute approximate surface area is 65.2 Å². The Morgan fingerprint density at radius 1 is 1.73 bits per heavy atom. The maximum Gasteiger partial charge on any atom is 0.153 e. The van der Waals surface area contributed by atoms with Gasteiger partial charge in [-0.15, -0.1) is 4.91 Å². The summed E-state index contributed by atoms with van der Waals surface area (Å²) >= 11 is 0. The van der Waals surface area contributed by atoms with Gasteiger partial charge in [0.25, 0.3) is 0 Å². The number of hydrogen-bond acceptors (Lipinski definition) is 4. The van der Waals surface area contributed by atoms with Crippen LogP contribution in [-0.2, 0) is 0 Å². The first kappa shape index (κ1) is 7.72. The maximum atomic E-state index is 10.2. The maximum absolute atomic E-state index is 10.2. The summed E-state index contributed by atoms with van der Waals surface area (Å²) in [6.45, 7) is 1.80. The SMILES string of the molecule is Bc1cnc(N)c(N=O)c1C. The molecular weight excluding hydrogens is 141 g/mol. The summed E-state index contributed by atoms with van der Waals surface area (Å²) in [7, 11) is 1.86. The fourth-order valence-corrected chi connectivity index (χ4v) is 0.818. The van der Waals surface area contributed by atoms with Gasteiger partial charge in [0.1, 0.15) is 7.85 Å². The van der Waals surface area contributed by atoms with E-state index in [1.54, 1.807) is 13.1 Å². The smallest absolute Gasteiger partial charge is 0.153 e. The molecule has 0 unspecified atom stereocenters. The molecule has 56 valence electrons. The van der Waals surface area contributed by atoms with Crippen LogP contribution in [0.2, 0.25) is 0 Å². The average Bonchev–Trinajstić information content (AvgIpc) is 1.99. The Morgan fingerprint density at radius 3 is 2.82 bits per heavy atom. The molecule has 1 aromatic rings. The molecule has 0 aromatic carbocycles. The van der Waals surface area contributed by atoms with Crippen LogP contribution >= 0.6 is 0 Å². The van der Waals surface area contributed by atoms with Gasteiger partial charge < -0.3 is 5.73 Å². The lowest BCUT2D eigenvalue weighted by Gasteiger charge is -2.02. The summed E-state index contributed by atoms with van der Waals surface area (Å²) in [6, 6.07) is 0. The highest BCUT2D eigenvalue weighted by molar-refractivity contribution is 6.33. The Hall–Kier alpha value is -1.39. The van der Waals surface area contributed by atoms with Gasteiger partial charge in [-0.25, -0.2) is 4.98 Å². The monoisotopic (exact) mass is 149 g/mol. The minimum absolute atomic E-state index is 0.197. The first-order valence-corrected chi connectivity index (χ1v) is 3.22. The van der Waals surface area contributed by atoms with Crippen molar-refractivity contribution in [2.45, 2.75) is 6.92 Å². The van der Waals surface area contributed by atoms with Crippen molar-refractivity contribution in [3.63, 3.8) is 0 Å². The van der Waals surface area contributed by atoms with Crippen LogP contribution in [0.4, 0.5) is 11.5 Å². The molecule has 1 rings (SSSR count). The number of rotatable bonds is 1. The van der Waals surface area contributed by atoms with Crippen LogP contribution < -0.4 is 11.2 Å². The molecule has 0 saturated heterocycles. The van der Waals surface area contributed by atoms with Gasteiger partial charge in [0.15, 0.2) is 11.5 Å². The number of hydrogen-bond donors (Lipinski definition) is 1. The van der Waals surface area contributed by atoms with Crippen LogP contribution in [0.5, 0.6) is 0 Å². The summed E-state index contributed by atoms with van der Waals surface area (Å²) < 4.78 is 0. The van der Waals surface area contributed by atoms with Gasteiger partial charge in [0.2, 0.25) is 0 Å². The third-order valence-corrected chi connectivity index (χ3v) is 1.68. The zero-order valence-electron chi connectivity index (χ0n) is 6.46. The lowest BCUT2D eigenvalue weighted by atomic mass is 9.92. The molecule has 0 saturated carbocycles. The quantitative estimate of drug-likeness (QED) is 0.437. The zero-order valence-corrected chi connectivity index (χ0v) is 6.46. The van der Waals surface area contributed by atoms with Crippen molar-refractivity contribution >= 4 is 24.8 Å². The molecule has 0 spiro atoms. The van der Waals surface area contributed by atoms with E-state index < -0.39 is 0 Å². The average molecular weight is 149 g/mol. The molecule has 11 heavy (non-hydrogen) atoms. The first-order valence-electron chi connectivity index (χ1n) is 3.22. The Bertz CT molecular complexity index is 300. The normalized spacial score (nSPS) is 9.55. The number of nitrogen functional groups attached to an aromatic ring is 1. The van der Waals surface area contributed by atoms with Gasteiger partial charge in [0.05, 0.1) is 0 Å². The van der Waals surface area contributed by atoms with Crippen LogP contribution in [0.3, 0.4) is 0 Å². The molecule has 0 aliphatic carbocycles. The van der Waals surface area contributed by atoms with Crippen LogP contribution in [-0.4, -0.2) is 12.8 Å². The lowest BCUT2D eigenvalue weighted by molar-refractivity contribution is 1.29. The van der Waals surface area contributed by atoms with Crippen LogP contribution in [0.15, 0.2) is 11.4 Å². The van der Waals surface area contributed by atoms with E-state index in [2.05, 4.69) is 10.2 Å². The van der Waals surface area contributed by atoms with Crippen molar-refractivity contribution in [1.82, 2.24) is 4.98 Å². The molecule has 2 N–H and O–H groups in total. The van der Waals surface area contributed by atoms with Gasteiger partial charge in [0, 0.05) is 6.20 Å². The lowest BCUT2D eigenvalue weighted by Crippen LogP contribution is -2.09. The third kappa shape index (κ3) is 1.21. The predicted molar refractivity (Wildman–Crippen MR) is 47.0 cm³/mol. The summed E-state index contributed by atoms with van der Waals surface area (Å²) in [4.78, 5) is 14.0. The Morgan fingerprint density at radius 2 is 2.36 bits per heavy atom. The van der Waals surface area contributed by atoms with Crippen molar-refractivity contribution in [2.75, 3.05) is 5.73 Å². The molecule has 0 amide bonds. The molecule has 5 heteroatoms. The predicted octanol–water partition coefficient (Wildman–Crippen LogP) is -0.371. The highest BCUT2D eigenvalue weighted by atomic mass is 16.3. The summed E-state index contributed by atoms with van der Waals surface area (Å²) in [6.07, 6.45) is 1.62. The van der Waals surface area contributed by atoms with E-state index in [0.29, 0.717) is 0 Å². The standard InChI is InChI=1S/C6H8BN3O/c1-3-4(7)2-9-6(8)5(3)10-11/h2H,7H2,1H3,(H2,8,9). The van der Waals surface area contributed by atoms with E-state index >= 15 is 0 Å². The minimum Gasteiger partial charge on any atom is -0.382 e. The summed E-state index contributed by atoms with van der Waals surface area (Å²) in [5.74, 6) is 0.197. The number of nitroso groups, excluding NO2 is 1. The van der Waals surface area contributed by atoms with Crippen LogP contribution in [0.1, 0.15) is 5.56 Å². The number of aromatic nitrogens is 1. The summed E-state index contributed by atoms with van der Waals surface area (Å²) in [5.41, 5.74) is 7.37. The molecule has 1 heterocycles. The van der Waals surface area contributed by atoms with E-state index in [4.69, 9.17) is 5.73 Å². The zero-order chi connectivity index (χ0) is 8.43. The van der Waals surface area contributed by atoms with Crippen LogP contribution in [0, 0.1) is 11.8 Å². The fraction of sp³-hybridized carbons (Fsp3) is 0.167. The highest BCUT2D eigenvalue weighted by Gasteiger charge is 2.05. The van der Waals surface area contributed by atoms with E-state index in [-0.39, 0.29) is 11.5 Å². The van der Waals surface area contributed by atoms with E-state index in [1.165, 1.54) is 0 Å². The largest absolute Gasteiger partial charge is 0.382 e. The first-order chi connectivity index (χ1) is 5.16. The number of pyridine rings is 1. The van der Waals surface area contributed by atoms with Crippen molar-refractivity contribution < 1.29 is 0 Å². The Balaban J connectivity index is 3.40. The third-order valence-electron chi connectivity index (χ3n) is 1.68. The van der Waals surface area contributed by atoms with E-state index in [0.717, 1.165) is 11.0 Å². The second-order valence-corrected chi connectivity index (χ2v) is 2.39. The van der Waals surface area contributed by atoms with Crippen LogP contribution in [0.25, 0.3) is 0 Å². The molecule has 0 bridgehead atoms. The minimum atomic E-state index is 0.197. The van der Waals surface area contributed by atoms with Crippen molar-refractivity contribution in [3.05, 3.63) is 16.7 Å². The van der Waals surface area contributed by atoms with Gasteiger partial charge in [-0.2, -0.15) is 0 Å². The van der Waals surface area contributed by atoms with Gasteiger partial charge >= 0.3 is 0 Å². The van der Waals surface area contributed by atoms with Crippen molar-refractivity contribution in [2.24, 2.45) is 5.18 Å². The molecule has 4 nitrogen and oxygen atoms in total. The van der Waals surface area contributed by atoms with Gasteiger partial charge in [-0.3, -0.25) is 0 Å². The molecule has 1 aromatic heterocycles. The van der Waals surface area contributed by atoms with Gasteiger partial charge in [-0.05, 0) is 17.7 Å². The molecule has 0 radical (unpaired) electrons. The van der Waals surface area contributed by atoms with Crippen molar-refractivity contribution in [1.29, 1.82) is 0 Å². The topological polar surface area (TPSA) is 68.3 Å². The summed E-state index contributed by atoms with van der Waals surface area (Å²) in [5, 5.41) is 2.79. The number of nitrogens with zero attached hydrogens (tertiary/aromatic N) is 2. The van der Waals surface area contributed by atoms with Crippen molar-refractivity contribution in [3.8, 4) is 0 Å². The van der Waals surface area contributed by atoms with Gasteiger partial charge in [-0.1, -0.05) is 5.46 Å². The second-order valence-electron chi connectivity index (χ2n) is 2.39. The molecule has 0 atom stereocenters. The molecule has 0 aliphatic rings. The highest BCUT2D eigenvalue weighted by Crippen LogP contribution is 2.20. The van der Waals surface area contributed by atoms with E-state index in [1.807, 2.05) is 7.85 Å². The second kappa shape index (κ2) is 2.69.